The van der Waals surface area contributed by atoms with Crippen molar-refractivity contribution in [3.63, 3.8) is 0 Å². The highest BCUT2D eigenvalue weighted by molar-refractivity contribution is 5.23. The summed E-state index contributed by atoms with van der Waals surface area (Å²) in [5.41, 5.74) is 10.1. The topological polar surface area (TPSA) is 26.0 Å². The van der Waals surface area contributed by atoms with Gasteiger partial charge in [-0.25, -0.2) is 0 Å². The minimum absolute atomic E-state index is 0.136. The fraction of sp³-hybridized carbons (Fsp3) is 0.250. The molecule has 0 bridgehead atoms. The van der Waals surface area contributed by atoms with Crippen molar-refractivity contribution in [2.24, 2.45) is 5.73 Å². The fourth-order valence-electron chi connectivity index (χ4n) is 2.06. The van der Waals surface area contributed by atoms with Crippen LogP contribution >= 0.6 is 0 Å². The summed E-state index contributed by atoms with van der Waals surface area (Å²) < 4.78 is 0. The maximum Gasteiger partial charge on any atom is 0.0298 e. The summed E-state index contributed by atoms with van der Waals surface area (Å²) in [6.07, 6.45) is 2.03. The molecule has 0 fully saturated rings. The number of nitrogens with two attached hydrogens (primary N) is 1. The van der Waals surface area contributed by atoms with Gasteiger partial charge in [-0.05, 0) is 30.9 Å². The van der Waals surface area contributed by atoms with Gasteiger partial charge in [0.15, 0.2) is 0 Å². The number of hydrogen-bond acceptors (Lipinski definition) is 1. The van der Waals surface area contributed by atoms with Crippen LogP contribution in [0.15, 0.2) is 54.6 Å². The predicted molar refractivity (Wildman–Crippen MR) is 72.9 cm³/mol. The molecule has 1 nitrogen and oxygen atoms in total. The smallest absolute Gasteiger partial charge is 0.0298 e. The fourth-order valence-corrected chi connectivity index (χ4v) is 2.06. The second kappa shape index (κ2) is 5.65. The summed E-state index contributed by atoms with van der Waals surface area (Å²) in [5.74, 6) is 0. The quantitative estimate of drug-likeness (QED) is 0.845. The van der Waals surface area contributed by atoms with Crippen LogP contribution in [0.2, 0.25) is 0 Å². The summed E-state index contributed by atoms with van der Waals surface area (Å²) >= 11 is 0. The summed E-state index contributed by atoms with van der Waals surface area (Å²) in [5, 5.41) is 0. The monoisotopic (exact) mass is 225 g/mol. The lowest BCUT2D eigenvalue weighted by Crippen LogP contribution is -2.11. The highest BCUT2D eigenvalue weighted by atomic mass is 14.6. The van der Waals surface area contributed by atoms with Crippen molar-refractivity contribution in [3.8, 4) is 0 Å². The molecule has 0 aliphatic rings. The molecular weight excluding hydrogens is 206 g/mol. The van der Waals surface area contributed by atoms with E-state index in [4.69, 9.17) is 5.73 Å². The molecule has 17 heavy (non-hydrogen) atoms. The molecule has 2 N–H and O–H groups in total. The Morgan fingerprint density at radius 2 is 1.76 bits per heavy atom. The Morgan fingerprint density at radius 1 is 1.00 bits per heavy atom. The van der Waals surface area contributed by atoms with Crippen LogP contribution in [0, 0.1) is 6.92 Å². The largest absolute Gasteiger partial charge is 0.324 e. The van der Waals surface area contributed by atoms with E-state index >= 15 is 0 Å². The Hall–Kier alpha value is -1.60. The molecule has 0 aliphatic carbocycles. The summed E-state index contributed by atoms with van der Waals surface area (Å²) in [6.45, 7) is 2.13. The molecule has 2 aromatic rings. The van der Waals surface area contributed by atoms with Crippen LogP contribution in [0.5, 0.6) is 0 Å². The van der Waals surface area contributed by atoms with Gasteiger partial charge in [0.2, 0.25) is 0 Å². The van der Waals surface area contributed by atoms with Gasteiger partial charge in [-0.1, -0.05) is 60.2 Å². The van der Waals surface area contributed by atoms with E-state index in [1.165, 1.54) is 16.7 Å². The van der Waals surface area contributed by atoms with Crippen LogP contribution in [0.25, 0.3) is 0 Å². The van der Waals surface area contributed by atoms with E-state index in [0.29, 0.717) is 0 Å². The molecule has 1 heteroatoms. The van der Waals surface area contributed by atoms with E-state index in [-0.39, 0.29) is 6.04 Å². The predicted octanol–water partition coefficient (Wildman–Crippen LogP) is 3.63. The maximum atomic E-state index is 6.18. The van der Waals surface area contributed by atoms with Gasteiger partial charge >= 0.3 is 0 Å². The van der Waals surface area contributed by atoms with Gasteiger partial charge in [0.1, 0.15) is 0 Å². The van der Waals surface area contributed by atoms with Gasteiger partial charge < -0.3 is 5.73 Å². The molecule has 0 spiro atoms. The number of aryl methyl sites for hydroxylation is 2. The first-order chi connectivity index (χ1) is 8.25. The third kappa shape index (κ3) is 3.43. The van der Waals surface area contributed by atoms with Gasteiger partial charge in [0, 0.05) is 6.04 Å². The molecule has 0 aliphatic heterocycles. The first-order valence-corrected chi connectivity index (χ1v) is 6.12. The van der Waals surface area contributed by atoms with Crippen molar-refractivity contribution < 1.29 is 0 Å². The third-order valence-corrected chi connectivity index (χ3v) is 3.05. The van der Waals surface area contributed by atoms with Gasteiger partial charge in [0.05, 0.1) is 0 Å². The number of rotatable bonds is 4. The van der Waals surface area contributed by atoms with E-state index in [2.05, 4.69) is 43.3 Å². The molecule has 1 unspecified atom stereocenters. The van der Waals surface area contributed by atoms with Gasteiger partial charge in [-0.3, -0.25) is 0 Å². The summed E-state index contributed by atoms with van der Waals surface area (Å²) in [7, 11) is 0. The Balaban J connectivity index is 1.95. The van der Waals surface area contributed by atoms with Crippen LogP contribution in [0.4, 0.5) is 0 Å². The molecule has 0 saturated heterocycles. The number of hydrogen-bond donors (Lipinski definition) is 1. The summed E-state index contributed by atoms with van der Waals surface area (Å²) in [4.78, 5) is 0. The van der Waals surface area contributed by atoms with Gasteiger partial charge in [-0.15, -0.1) is 0 Å². The van der Waals surface area contributed by atoms with Gasteiger partial charge in [-0.2, -0.15) is 0 Å². The Kier molecular flexibility index (Phi) is 3.94. The molecular formula is C16H19N. The van der Waals surface area contributed by atoms with E-state index in [1.54, 1.807) is 0 Å². The lowest BCUT2D eigenvalue weighted by Gasteiger charge is -2.12. The van der Waals surface area contributed by atoms with Crippen molar-refractivity contribution >= 4 is 0 Å². The highest BCUT2D eigenvalue weighted by Crippen LogP contribution is 2.16. The normalized spacial score (nSPS) is 12.4. The molecule has 0 saturated carbocycles. The van der Waals surface area contributed by atoms with Crippen LogP contribution < -0.4 is 5.73 Å². The average molecular weight is 225 g/mol. The molecule has 0 radical (unpaired) electrons. The Morgan fingerprint density at radius 3 is 2.47 bits per heavy atom. The molecule has 0 heterocycles. The van der Waals surface area contributed by atoms with Crippen molar-refractivity contribution in [1.82, 2.24) is 0 Å². The first-order valence-electron chi connectivity index (χ1n) is 6.12. The number of benzene rings is 2. The van der Waals surface area contributed by atoms with Crippen LogP contribution in [0.3, 0.4) is 0 Å². The third-order valence-electron chi connectivity index (χ3n) is 3.05. The molecule has 1 atom stereocenters. The Labute approximate surface area is 103 Å². The Bertz CT molecular complexity index is 462. The zero-order valence-electron chi connectivity index (χ0n) is 10.3. The second-order valence-corrected chi connectivity index (χ2v) is 4.54. The lowest BCUT2D eigenvalue weighted by molar-refractivity contribution is 0.651. The zero-order chi connectivity index (χ0) is 12.1. The molecule has 2 aromatic carbocycles. The van der Waals surface area contributed by atoms with E-state index in [0.717, 1.165) is 12.8 Å². The zero-order valence-corrected chi connectivity index (χ0v) is 10.3. The first kappa shape index (κ1) is 11.9. The van der Waals surface area contributed by atoms with E-state index in [1.807, 2.05) is 18.2 Å². The molecule has 2 rings (SSSR count). The standard InChI is InChI=1S/C16H19N/c1-13-6-5-7-14(12-13)10-11-16(17)15-8-3-2-4-9-15/h2-9,12,16H,10-11,17H2,1H3. The lowest BCUT2D eigenvalue weighted by atomic mass is 9.99. The van der Waals surface area contributed by atoms with Crippen molar-refractivity contribution in [2.75, 3.05) is 0 Å². The summed E-state index contributed by atoms with van der Waals surface area (Å²) in [6, 6.07) is 19.1. The van der Waals surface area contributed by atoms with Crippen molar-refractivity contribution in [2.45, 2.75) is 25.8 Å². The minimum Gasteiger partial charge on any atom is -0.324 e. The van der Waals surface area contributed by atoms with E-state index in [9.17, 15) is 0 Å². The van der Waals surface area contributed by atoms with Crippen molar-refractivity contribution in [3.05, 3.63) is 71.3 Å². The molecule has 0 aromatic heterocycles. The second-order valence-electron chi connectivity index (χ2n) is 4.54. The minimum atomic E-state index is 0.136. The van der Waals surface area contributed by atoms with Crippen LogP contribution in [-0.2, 0) is 6.42 Å². The SMILES string of the molecule is Cc1cccc(CCC(N)c2ccccc2)c1. The van der Waals surface area contributed by atoms with Crippen LogP contribution in [0.1, 0.15) is 29.2 Å². The highest BCUT2D eigenvalue weighted by Gasteiger charge is 2.05. The van der Waals surface area contributed by atoms with Crippen molar-refractivity contribution in [1.29, 1.82) is 0 Å². The maximum absolute atomic E-state index is 6.18. The van der Waals surface area contributed by atoms with E-state index < -0.39 is 0 Å². The molecule has 88 valence electrons. The van der Waals surface area contributed by atoms with Gasteiger partial charge in [0.25, 0.3) is 0 Å². The van der Waals surface area contributed by atoms with Crippen LogP contribution in [-0.4, -0.2) is 0 Å². The molecule has 0 amide bonds. The average Bonchev–Trinajstić information content (AvgIpc) is 2.37.